The molecule has 0 aliphatic carbocycles. The number of rotatable bonds is 5. The lowest BCUT2D eigenvalue weighted by Crippen LogP contribution is -2.15. The monoisotopic (exact) mass is 334 g/mol. The van der Waals surface area contributed by atoms with Crippen molar-refractivity contribution < 1.29 is 9.53 Å². The van der Waals surface area contributed by atoms with Gasteiger partial charge in [-0.2, -0.15) is 0 Å². The highest BCUT2D eigenvalue weighted by atomic mass is 79.9. The van der Waals surface area contributed by atoms with Crippen molar-refractivity contribution in [1.82, 2.24) is 4.98 Å². The lowest BCUT2D eigenvalue weighted by Gasteiger charge is -2.07. The molecule has 5 heteroatoms. The molecule has 0 aliphatic rings. The van der Waals surface area contributed by atoms with Gasteiger partial charge in [0.25, 0.3) is 0 Å². The molecular weight excluding hydrogens is 320 g/mol. The van der Waals surface area contributed by atoms with E-state index in [1.54, 1.807) is 18.3 Å². The van der Waals surface area contributed by atoms with Crippen LogP contribution in [0.3, 0.4) is 0 Å². The van der Waals surface area contributed by atoms with Crippen molar-refractivity contribution in [3.8, 4) is 5.75 Å². The first-order valence-corrected chi connectivity index (χ1v) is 7.03. The van der Waals surface area contributed by atoms with Gasteiger partial charge in [0.05, 0.1) is 13.0 Å². The molecule has 104 valence electrons. The number of halogens is 1. The Balaban J connectivity index is 1.78. The highest BCUT2D eigenvalue weighted by Crippen LogP contribution is 2.14. The quantitative estimate of drug-likeness (QED) is 0.909. The van der Waals surface area contributed by atoms with Gasteiger partial charge in [-0.25, -0.2) is 4.98 Å². The van der Waals surface area contributed by atoms with E-state index in [9.17, 15) is 4.79 Å². The maximum Gasteiger partial charge on any atom is 0.228 e. The normalized spacial score (nSPS) is 10.1. The van der Waals surface area contributed by atoms with Gasteiger partial charge in [0.2, 0.25) is 5.91 Å². The standard InChI is InChI=1S/C15H15BrN2O2/c1-11-3-2-4-13(9-11)20-8-6-15(19)18-14-10-12(16)5-7-17-14/h2-5,7,9-10H,6,8H2,1H3,(H,17,18,19). The molecule has 1 heterocycles. The van der Waals surface area contributed by atoms with Crippen LogP contribution in [-0.4, -0.2) is 17.5 Å². The second kappa shape index (κ2) is 7.05. The van der Waals surface area contributed by atoms with Crippen molar-refractivity contribution in [2.75, 3.05) is 11.9 Å². The molecule has 1 aromatic carbocycles. The lowest BCUT2D eigenvalue weighted by atomic mass is 10.2. The summed E-state index contributed by atoms with van der Waals surface area (Å²) in [6.07, 6.45) is 1.91. The molecule has 0 fully saturated rings. The fourth-order valence-electron chi connectivity index (χ4n) is 1.65. The number of ether oxygens (including phenoxy) is 1. The summed E-state index contributed by atoms with van der Waals surface area (Å²) in [5.74, 6) is 1.18. The van der Waals surface area contributed by atoms with Gasteiger partial charge in [-0.3, -0.25) is 4.79 Å². The van der Waals surface area contributed by atoms with Crippen LogP contribution in [0.2, 0.25) is 0 Å². The zero-order valence-corrected chi connectivity index (χ0v) is 12.7. The van der Waals surface area contributed by atoms with Gasteiger partial charge in [-0.1, -0.05) is 28.1 Å². The van der Waals surface area contributed by atoms with E-state index in [4.69, 9.17) is 4.74 Å². The van der Waals surface area contributed by atoms with Crippen LogP contribution >= 0.6 is 15.9 Å². The van der Waals surface area contributed by atoms with Crippen molar-refractivity contribution in [3.05, 3.63) is 52.6 Å². The Morgan fingerprint density at radius 2 is 2.20 bits per heavy atom. The Morgan fingerprint density at radius 1 is 1.35 bits per heavy atom. The number of carbonyl (C=O) groups excluding carboxylic acids is 1. The van der Waals surface area contributed by atoms with Crippen LogP contribution in [0.25, 0.3) is 0 Å². The van der Waals surface area contributed by atoms with Crippen molar-refractivity contribution in [3.63, 3.8) is 0 Å². The van der Waals surface area contributed by atoms with Crippen molar-refractivity contribution in [1.29, 1.82) is 0 Å². The Morgan fingerprint density at radius 3 is 2.95 bits per heavy atom. The lowest BCUT2D eigenvalue weighted by molar-refractivity contribution is -0.116. The minimum Gasteiger partial charge on any atom is -0.493 e. The van der Waals surface area contributed by atoms with E-state index in [0.29, 0.717) is 12.4 Å². The summed E-state index contributed by atoms with van der Waals surface area (Å²) in [7, 11) is 0. The van der Waals surface area contributed by atoms with Crippen LogP contribution in [0.1, 0.15) is 12.0 Å². The Kier molecular flexibility index (Phi) is 5.12. The molecule has 0 saturated carbocycles. The molecule has 4 nitrogen and oxygen atoms in total. The van der Waals surface area contributed by atoms with Gasteiger partial charge >= 0.3 is 0 Å². The number of carbonyl (C=O) groups is 1. The number of hydrogen-bond acceptors (Lipinski definition) is 3. The van der Waals surface area contributed by atoms with Crippen LogP contribution in [-0.2, 0) is 4.79 Å². The fraction of sp³-hybridized carbons (Fsp3) is 0.200. The first-order valence-electron chi connectivity index (χ1n) is 6.24. The highest BCUT2D eigenvalue weighted by Gasteiger charge is 2.04. The average Bonchev–Trinajstić information content (AvgIpc) is 2.38. The van der Waals surface area contributed by atoms with E-state index in [1.807, 2.05) is 31.2 Å². The molecule has 1 amide bonds. The molecule has 0 radical (unpaired) electrons. The number of pyridine rings is 1. The Bertz CT molecular complexity index is 602. The summed E-state index contributed by atoms with van der Waals surface area (Å²) >= 11 is 3.33. The van der Waals surface area contributed by atoms with Crippen LogP contribution in [0.5, 0.6) is 5.75 Å². The number of hydrogen-bond donors (Lipinski definition) is 1. The summed E-state index contributed by atoms with van der Waals surface area (Å²) in [4.78, 5) is 15.8. The third kappa shape index (κ3) is 4.66. The molecule has 2 rings (SSSR count). The number of aryl methyl sites for hydroxylation is 1. The molecule has 0 saturated heterocycles. The van der Waals surface area contributed by atoms with Gasteiger partial charge < -0.3 is 10.1 Å². The van der Waals surface area contributed by atoms with E-state index in [0.717, 1.165) is 15.8 Å². The van der Waals surface area contributed by atoms with Crippen molar-refractivity contribution in [2.24, 2.45) is 0 Å². The Labute approximate surface area is 126 Å². The van der Waals surface area contributed by atoms with E-state index in [-0.39, 0.29) is 12.3 Å². The van der Waals surface area contributed by atoms with Crippen molar-refractivity contribution >= 4 is 27.7 Å². The van der Waals surface area contributed by atoms with E-state index >= 15 is 0 Å². The summed E-state index contributed by atoms with van der Waals surface area (Å²) in [5, 5.41) is 2.72. The highest BCUT2D eigenvalue weighted by molar-refractivity contribution is 9.10. The maximum absolute atomic E-state index is 11.7. The third-order valence-electron chi connectivity index (χ3n) is 2.58. The van der Waals surface area contributed by atoms with Crippen molar-refractivity contribution in [2.45, 2.75) is 13.3 Å². The second-order valence-electron chi connectivity index (χ2n) is 4.32. The predicted molar refractivity (Wildman–Crippen MR) is 81.9 cm³/mol. The number of benzene rings is 1. The largest absolute Gasteiger partial charge is 0.493 e. The summed E-state index contributed by atoms with van der Waals surface area (Å²) in [6.45, 7) is 2.34. The molecule has 0 unspecified atom stereocenters. The Hall–Kier alpha value is -1.88. The summed E-state index contributed by atoms with van der Waals surface area (Å²) in [5.41, 5.74) is 1.13. The number of nitrogens with one attached hydrogen (secondary N) is 1. The SMILES string of the molecule is Cc1cccc(OCCC(=O)Nc2cc(Br)ccn2)c1. The molecule has 0 atom stereocenters. The van der Waals surface area contributed by atoms with Gasteiger partial charge in [-0.05, 0) is 36.8 Å². The maximum atomic E-state index is 11.7. The van der Waals surface area contributed by atoms with Gasteiger partial charge in [0.1, 0.15) is 11.6 Å². The molecular formula is C15H15BrN2O2. The second-order valence-corrected chi connectivity index (χ2v) is 5.24. The number of aromatic nitrogens is 1. The third-order valence-corrected chi connectivity index (χ3v) is 3.07. The predicted octanol–water partition coefficient (Wildman–Crippen LogP) is 3.56. The summed E-state index contributed by atoms with van der Waals surface area (Å²) < 4.78 is 6.40. The first-order chi connectivity index (χ1) is 9.63. The topological polar surface area (TPSA) is 51.2 Å². The molecule has 20 heavy (non-hydrogen) atoms. The number of nitrogens with zero attached hydrogens (tertiary/aromatic N) is 1. The summed E-state index contributed by atoms with van der Waals surface area (Å²) in [6, 6.07) is 11.3. The molecule has 0 bridgehead atoms. The minimum atomic E-state index is -0.122. The first kappa shape index (κ1) is 14.5. The zero-order chi connectivity index (χ0) is 14.4. The molecule has 1 aromatic heterocycles. The smallest absolute Gasteiger partial charge is 0.228 e. The molecule has 0 aliphatic heterocycles. The average molecular weight is 335 g/mol. The van der Waals surface area contributed by atoms with E-state index in [2.05, 4.69) is 26.2 Å². The van der Waals surface area contributed by atoms with Gasteiger partial charge in [-0.15, -0.1) is 0 Å². The minimum absolute atomic E-state index is 0.122. The number of amides is 1. The molecule has 1 N–H and O–H groups in total. The van der Waals surface area contributed by atoms with Crippen LogP contribution < -0.4 is 10.1 Å². The van der Waals surface area contributed by atoms with Gasteiger partial charge in [0, 0.05) is 10.7 Å². The molecule has 0 spiro atoms. The van der Waals surface area contributed by atoms with E-state index in [1.165, 1.54) is 0 Å². The fourth-order valence-corrected chi connectivity index (χ4v) is 1.98. The van der Waals surface area contributed by atoms with Crippen LogP contribution in [0.15, 0.2) is 47.1 Å². The zero-order valence-electron chi connectivity index (χ0n) is 11.1. The number of anilines is 1. The van der Waals surface area contributed by atoms with Crippen LogP contribution in [0.4, 0.5) is 5.82 Å². The molecule has 2 aromatic rings. The van der Waals surface area contributed by atoms with Gasteiger partial charge in [0.15, 0.2) is 0 Å². The van der Waals surface area contributed by atoms with Crippen LogP contribution in [0, 0.1) is 6.92 Å². The van der Waals surface area contributed by atoms with E-state index < -0.39 is 0 Å².